The Labute approximate surface area is 163 Å². The number of aliphatic hydroxyl groups is 1. The number of aliphatic hydroxyl groups excluding tert-OH is 1. The zero-order valence-corrected chi connectivity index (χ0v) is 16.3. The van der Waals surface area contributed by atoms with Crippen LogP contribution >= 0.6 is 11.3 Å². The molecule has 1 spiro atoms. The molecule has 4 heterocycles. The number of hydrogen-bond donors (Lipinski definition) is 2. The summed E-state index contributed by atoms with van der Waals surface area (Å²) in [6.45, 7) is 4.40. The summed E-state index contributed by atoms with van der Waals surface area (Å²) in [6, 6.07) is 7.99. The molecule has 144 valence electrons. The third-order valence-corrected chi connectivity index (χ3v) is 6.66. The van der Waals surface area contributed by atoms with Crippen LogP contribution in [0.2, 0.25) is 0 Å². The van der Waals surface area contributed by atoms with Gasteiger partial charge in [0.1, 0.15) is 11.4 Å². The monoisotopic (exact) mass is 387 g/mol. The van der Waals surface area contributed by atoms with Gasteiger partial charge in [-0.15, -0.1) is 11.3 Å². The number of nitrogens with zero attached hydrogens (tertiary/aromatic N) is 2. The summed E-state index contributed by atoms with van der Waals surface area (Å²) in [5, 5.41) is 12.2. The zero-order chi connectivity index (χ0) is 18.9. The van der Waals surface area contributed by atoms with E-state index in [2.05, 4.69) is 15.2 Å². The van der Waals surface area contributed by atoms with Gasteiger partial charge < -0.3 is 20.1 Å². The van der Waals surface area contributed by atoms with Crippen molar-refractivity contribution >= 4 is 23.1 Å². The van der Waals surface area contributed by atoms with E-state index in [9.17, 15) is 9.90 Å². The van der Waals surface area contributed by atoms with Crippen molar-refractivity contribution in [3.63, 3.8) is 0 Å². The Morgan fingerprint density at radius 1 is 1.44 bits per heavy atom. The van der Waals surface area contributed by atoms with Gasteiger partial charge in [0.15, 0.2) is 0 Å². The molecule has 27 heavy (non-hydrogen) atoms. The van der Waals surface area contributed by atoms with Crippen LogP contribution < -0.4 is 10.2 Å². The molecule has 0 aliphatic carbocycles. The standard InChI is InChI=1S/C20H25N3O3S/c1-14(24)13-22-19(25)16-12-15-5-11-26-20(18(15)27-16)6-9-23(10-7-20)17-4-2-3-8-21-17/h2-4,8,12,14,24H,5-7,9-11,13H2,1H3,(H,22,25). The molecule has 2 aliphatic heterocycles. The fraction of sp³-hybridized carbons (Fsp3) is 0.500. The van der Waals surface area contributed by atoms with Crippen molar-refractivity contribution < 1.29 is 14.6 Å². The molecular weight excluding hydrogens is 362 g/mol. The SMILES string of the molecule is CC(O)CNC(=O)c1cc2c(s1)C1(CCN(c3ccccn3)CC1)OCC2. The lowest BCUT2D eigenvalue weighted by Gasteiger charge is -2.44. The Balaban J connectivity index is 1.51. The van der Waals surface area contributed by atoms with Crippen molar-refractivity contribution in [2.45, 2.75) is 37.9 Å². The Bertz CT molecular complexity index is 798. The number of aromatic nitrogens is 1. The number of piperidine rings is 1. The minimum atomic E-state index is -0.547. The summed E-state index contributed by atoms with van der Waals surface area (Å²) in [5.74, 6) is 0.893. The lowest BCUT2D eigenvalue weighted by molar-refractivity contribution is -0.0735. The maximum absolute atomic E-state index is 12.4. The maximum Gasteiger partial charge on any atom is 0.261 e. The highest BCUT2D eigenvalue weighted by molar-refractivity contribution is 7.14. The average Bonchev–Trinajstić information content (AvgIpc) is 3.14. The van der Waals surface area contributed by atoms with Crippen molar-refractivity contribution in [1.82, 2.24) is 10.3 Å². The number of anilines is 1. The van der Waals surface area contributed by atoms with E-state index in [1.807, 2.05) is 30.5 Å². The van der Waals surface area contributed by atoms with Crippen LogP contribution in [0, 0.1) is 0 Å². The maximum atomic E-state index is 12.4. The third-order valence-electron chi connectivity index (χ3n) is 5.30. The van der Waals surface area contributed by atoms with Crippen molar-refractivity contribution in [2.24, 2.45) is 0 Å². The number of amides is 1. The number of pyridine rings is 1. The predicted molar refractivity (Wildman–Crippen MR) is 105 cm³/mol. The summed E-state index contributed by atoms with van der Waals surface area (Å²) >= 11 is 1.54. The lowest BCUT2D eigenvalue weighted by Crippen LogP contribution is -2.46. The number of carbonyl (C=O) groups excluding carboxylic acids is 1. The molecule has 0 saturated carbocycles. The van der Waals surface area contributed by atoms with Gasteiger partial charge in [0.25, 0.3) is 5.91 Å². The molecule has 1 fully saturated rings. The zero-order valence-electron chi connectivity index (χ0n) is 15.5. The molecular formula is C20H25N3O3S. The van der Waals surface area contributed by atoms with E-state index in [-0.39, 0.29) is 18.1 Å². The number of rotatable bonds is 4. The molecule has 2 N–H and O–H groups in total. The summed E-state index contributed by atoms with van der Waals surface area (Å²) in [7, 11) is 0. The van der Waals surface area contributed by atoms with E-state index < -0.39 is 6.10 Å². The van der Waals surface area contributed by atoms with Crippen LogP contribution in [-0.2, 0) is 16.8 Å². The molecule has 6 nitrogen and oxygen atoms in total. The van der Waals surface area contributed by atoms with Gasteiger partial charge in [-0.1, -0.05) is 6.07 Å². The number of nitrogens with one attached hydrogen (secondary N) is 1. The van der Waals surface area contributed by atoms with Gasteiger partial charge in [-0.05, 0) is 49.9 Å². The minimum Gasteiger partial charge on any atom is -0.392 e. The summed E-state index contributed by atoms with van der Waals surface area (Å²) in [4.78, 5) is 21.1. The van der Waals surface area contributed by atoms with Crippen LogP contribution in [0.15, 0.2) is 30.5 Å². The van der Waals surface area contributed by atoms with E-state index in [0.717, 1.165) is 38.2 Å². The molecule has 1 saturated heterocycles. The predicted octanol–water partition coefficient (Wildman–Crippen LogP) is 2.32. The number of fused-ring (bicyclic) bond motifs is 2. The van der Waals surface area contributed by atoms with E-state index in [0.29, 0.717) is 11.5 Å². The highest BCUT2D eigenvalue weighted by Crippen LogP contribution is 2.45. The fourth-order valence-corrected chi connectivity index (χ4v) is 5.20. The van der Waals surface area contributed by atoms with Crippen molar-refractivity contribution in [1.29, 1.82) is 0 Å². The van der Waals surface area contributed by atoms with E-state index in [4.69, 9.17) is 4.74 Å². The molecule has 2 aromatic rings. The van der Waals surface area contributed by atoms with E-state index >= 15 is 0 Å². The molecule has 1 atom stereocenters. The number of hydrogen-bond acceptors (Lipinski definition) is 6. The second-order valence-corrected chi connectivity index (χ2v) is 8.34. The first-order chi connectivity index (χ1) is 13.1. The lowest BCUT2D eigenvalue weighted by atomic mass is 9.85. The van der Waals surface area contributed by atoms with Crippen LogP contribution in [0.25, 0.3) is 0 Å². The number of carbonyl (C=O) groups is 1. The van der Waals surface area contributed by atoms with Gasteiger partial charge in [0, 0.05) is 30.7 Å². The Morgan fingerprint density at radius 2 is 2.26 bits per heavy atom. The van der Waals surface area contributed by atoms with Crippen LogP contribution in [0.4, 0.5) is 5.82 Å². The van der Waals surface area contributed by atoms with Gasteiger partial charge in [0.2, 0.25) is 0 Å². The third kappa shape index (κ3) is 3.72. The normalized spacial score (nSPS) is 19.6. The molecule has 2 aliphatic rings. The van der Waals surface area contributed by atoms with Gasteiger partial charge in [-0.25, -0.2) is 4.98 Å². The van der Waals surface area contributed by atoms with Crippen molar-refractivity contribution in [2.75, 3.05) is 31.1 Å². The van der Waals surface area contributed by atoms with Crippen LogP contribution in [0.3, 0.4) is 0 Å². The Morgan fingerprint density at radius 3 is 2.96 bits per heavy atom. The first-order valence-corrected chi connectivity index (χ1v) is 10.3. The molecule has 1 amide bonds. The van der Waals surface area contributed by atoms with Crippen LogP contribution in [0.5, 0.6) is 0 Å². The largest absolute Gasteiger partial charge is 0.392 e. The van der Waals surface area contributed by atoms with E-state index in [1.165, 1.54) is 10.4 Å². The summed E-state index contributed by atoms with van der Waals surface area (Å²) < 4.78 is 6.30. The quantitative estimate of drug-likeness (QED) is 0.842. The first-order valence-electron chi connectivity index (χ1n) is 9.47. The molecule has 1 unspecified atom stereocenters. The molecule has 0 radical (unpaired) electrons. The Kier molecular flexibility index (Phi) is 5.16. The van der Waals surface area contributed by atoms with Crippen molar-refractivity contribution in [3.8, 4) is 0 Å². The molecule has 2 aromatic heterocycles. The number of ether oxygens (including phenoxy) is 1. The smallest absolute Gasteiger partial charge is 0.261 e. The van der Waals surface area contributed by atoms with Crippen LogP contribution in [-0.4, -0.2) is 48.3 Å². The number of thiophene rings is 1. The fourth-order valence-electron chi connectivity index (χ4n) is 3.87. The van der Waals surface area contributed by atoms with Gasteiger partial charge in [0.05, 0.1) is 17.6 Å². The molecule has 7 heteroatoms. The van der Waals surface area contributed by atoms with Crippen LogP contribution in [0.1, 0.15) is 39.9 Å². The highest BCUT2D eigenvalue weighted by Gasteiger charge is 2.43. The Hall–Kier alpha value is -1.96. The average molecular weight is 388 g/mol. The topological polar surface area (TPSA) is 74.7 Å². The highest BCUT2D eigenvalue weighted by atomic mass is 32.1. The molecule has 4 rings (SSSR count). The molecule has 0 aromatic carbocycles. The van der Waals surface area contributed by atoms with Crippen molar-refractivity contribution in [3.05, 3.63) is 45.8 Å². The summed E-state index contributed by atoms with van der Waals surface area (Å²) in [6.07, 6.45) is 3.92. The van der Waals surface area contributed by atoms with Gasteiger partial charge in [-0.2, -0.15) is 0 Å². The van der Waals surface area contributed by atoms with Gasteiger partial charge in [-0.3, -0.25) is 4.79 Å². The second-order valence-electron chi connectivity index (χ2n) is 7.29. The van der Waals surface area contributed by atoms with E-state index in [1.54, 1.807) is 18.3 Å². The first kappa shape index (κ1) is 18.4. The minimum absolute atomic E-state index is 0.114. The summed E-state index contributed by atoms with van der Waals surface area (Å²) in [5.41, 5.74) is 0.950. The second kappa shape index (κ2) is 7.58. The van der Waals surface area contributed by atoms with Gasteiger partial charge >= 0.3 is 0 Å². The molecule has 0 bridgehead atoms.